The van der Waals surface area contributed by atoms with Crippen molar-refractivity contribution in [2.45, 2.75) is 138 Å². The van der Waals surface area contributed by atoms with Crippen LogP contribution in [0.3, 0.4) is 0 Å². The summed E-state index contributed by atoms with van der Waals surface area (Å²) in [6.45, 7) is 2.06. The number of ether oxygens (including phenoxy) is 3. The van der Waals surface area contributed by atoms with Crippen molar-refractivity contribution in [3.63, 3.8) is 0 Å². The summed E-state index contributed by atoms with van der Waals surface area (Å²) < 4.78 is 93.4. The van der Waals surface area contributed by atoms with Crippen LogP contribution in [0.5, 0.6) is 0 Å². The summed E-state index contributed by atoms with van der Waals surface area (Å²) in [5, 5.41) is 31.9. The van der Waals surface area contributed by atoms with Gasteiger partial charge in [0.2, 0.25) is 12.0 Å². The number of rotatable bonds is 15. The number of aromatic amines is 2. The maximum atomic E-state index is 16.3. The fourth-order valence-electron chi connectivity index (χ4n) is 10.2. The summed E-state index contributed by atoms with van der Waals surface area (Å²) in [6.07, 6.45) is -1.39. The monoisotopic (exact) mass is 949 g/mol. The van der Waals surface area contributed by atoms with Crippen LogP contribution in [0, 0.1) is 5.92 Å². The lowest BCUT2D eigenvalue weighted by Gasteiger charge is -2.61. The Labute approximate surface area is 384 Å². The fourth-order valence-corrected chi connectivity index (χ4v) is 10.2. The summed E-state index contributed by atoms with van der Waals surface area (Å²) in [6, 6.07) is 6.48. The average molecular weight is 950 g/mol. The topological polar surface area (TPSA) is 219 Å². The standard InChI is InChI=1S/C44H49F5N14O5/c1-42(7-8-42)54-40(64)67-33-6-4-27(37(33)46)29-14-35(53-38-30-11-23(18-44(47,48)49)58-61(30)10-9-50-38)63(60-29)20-25-19-62-31(12-24(59-62)21-66-2)39(51-25)52-34-13-28(56-57-34)26-3-5-32(36(26)45)68-41(65)55-43-15-22(16-43)17-43/h9-14,19,22,26-27,32-33,36-37H,3-8,15-18,20-21H2,1-2H3,(H5,50,51,52,53,54,55,56,57,58,59,60,64,65)/p+1/t22?,26-,27+,32-,33+,36+,37-,43?/m0/s1. The van der Waals surface area contributed by atoms with E-state index in [4.69, 9.17) is 24.3 Å². The van der Waals surface area contributed by atoms with Crippen molar-refractivity contribution in [3.05, 3.63) is 71.3 Å². The van der Waals surface area contributed by atoms with E-state index in [0.717, 1.165) is 32.1 Å². The van der Waals surface area contributed by atoms with Crippen molar-refractivity contribution in [2.75, 3.05) is 17.7 Å². The van der Waals surface area contributed by atoms with Crippen LogP contribution in [-0.2, 0) is 33.8 Å². The Morgan fingerprint density at radius 3 is 2.35 bits per heavy atom. The van der Waals surface area contributed by atoms with Crippen LogP contribution < -0.4 is 25.8 Å². The Balaban J connectivity index is 0.868. The van der Waals surface area contributed by atoms with Gasteiger partial charge in [-0.25, -0.2) is 37.5 Å². The molecule has 6 aromatic heterocycles. The number of carbonyl (C=O) groups excluding carboxylic acids is 2. The van der Waals surface area contributed by atoms with E-state index < -0.39 is 61.2 Å². The highest BCUT2D eigenvalue weighted by Crippen LogP contribution is 2.57. The van der Waals surface area contributed by atoms with Crippen molar-refractivity contribution in [3.8, 4) is 0 Å². The molecule has 24 heteroatoms. The Hall–Kier alpha value is -6.59. The first-order valence-electron chi connectivity index (χ1n) is 22.8. The van der Waals surface area contributed by atoms with Gasteiger partial charge in [0.1, 0.15) is 35.9 Å². The molecule has 12 rings (SSSR count). The molecule has 0 radical (unpaired) electrons. The van der Waals surface area contributed by atoms with E-state index in [9.17, 15) is 22.8 Å². The van der Waals surface area contributed by atoms with E-state index >= 15 is 8.78 Å². The molecule has 2 amide bonds. The summed E-state index contributed by atoms with van der Waals surface area (Å²) in [4.78, 5) is 34.7. The summed E-state index contributed by atoms with van der Waals surface area (Å²) in [5.41, 5.74) is 2.14. The first kappa shape index (κ1) is 43.9. The molecule has 68 heavy (non-hydrogen) atoms. The molecule has 6 atom stereocenters. The molecule has 0 saturated heterocycles. The number of carbonyl (C=O) groups is 2. The predicted molar refractivity (Wildman–Crippen MR) is 230 cm³/mol. The summed E-state index contributed by atoms with van der Waals surface area (Å²) in [7, 11) is 1.55. The van der Waals surface area contributed by atoms with Crippen molar-refractivity contribution < 1.29 is 50.3 Å². The van der Waals surface area contributed by atoms with Crippen molar-refractivity contribution in [1.29, 1.82) is 0 Å². The van der Waals surface area contributed by atoms with Crippen LogP contribution in [0.4, 0.5) is 54.8 Å². The molecule has 360 valence electrons. The molecular formula is C44H50F5N14O5+. The van der Waals surface area contributed by atoms with E-state index in [2.05, 4.69) is 46.6 Å². The van der Waals surface area contributed by atoms with Crippen molar-refractivity contribution in [1.82, 2.24) is 55.3 Å². The van der Waals surface area contributed by atoms with Crippen LogP contribution in [0.2, 0.25) is 0 Å². The minimum Gasteiger partial charge on any atom is -0.443 e. The Bertz CT molecular complexity index is 2880. The number of anilines is 4. The number of methoxy groups -OCH3 is 1. The van der Waals surface area contributed by atoms with Crippen LogP contribution in [0.15, 0.2) is 42.9 Å². The summed E-state index contributed by atoms with van der Waals surface area (Å²) in [5.74, 6) is 0.493. The van der Waals surface area contributed by atoms with Crippen LogP contribution in [0.1, 0.15) is 105 Å². The highest BCUT2D eigenvalue weighted by atomic mass is 19.4. The van der Waals surface area contributed by atoms with Crippen LogP contribution in [0.25, 0.3) is 11.0 Å². The number of alkyl carbamates (subject to hydrolysis) is 2. The molecule has 6 N–H and O–H groups in total. The molecule has 6 saturated carbocycles. The predicted octanol–water partition coefficient (Wildman–Crippen LogP) is 6.62. The quantitative estimate of drug-likeness (QED) is 0.0473. The third-order valence-electron chi connectivity index (χ3n) is 14.0. The molecule has 0 aliphatic heterocycles. The van der Waals surface area contributed by atoms with Gasteiger partial charge < -0.3 is 35.5 Å². The van der Waals surface area contributed by atoms with Gasteiger partial charge in [0, 0.05) is 53.9 Å². The number of H-pyrrole nitrogens is 2. The van der Waals surface area contributed by atoms with Crippen molar-refractivity contribution in [2.24, 2.45) is 5.92 Å². The van der Waals surface area contributed by atoms with E-state index in [1.165, 1.54) is 23.0 Å². The first-order valence-corrected chi connectivity index (χ1v) is 22.8. The number of nitrogens with one attached hydrogen (secondary N) is 6. The molecule has 0 aromatic carbocycles. The van der Waals surface area contributed by atoms with E-state index in [1.54, 1.807) is 40.7 Å². The number of amides is 2. The van der Waals surface area contributed by atoms with Gasteiger partial charge in [-0.3, -0.25) is 5.10 Å². The number of fused-ring (bicyclic) bond motifs is 2. The fraction of sp³-hybridized carbons (Fsp3) is 0.545. The first-order chi connectivity index (χ1) is 32.6. The van der Waals surface area contributed by atoms with Crippen molar-refractivity contribution >= 4 is 46.5 Å². The zero-order valence-electron chi connectivity index (χ0n) is 37.1. The van der Waals surface area contributed by atoms with Gasteiger partial charge in [0.25, 0.3) is 5.52 Å². The molecular weight excluding hydrogens is 900 g/mol. The SMILES string of the molecule is COCc1cc2c(Nc3cc([C@@H]4CC[C@H](OC(=O)NC56CC(C5)C6)[C@@H]4F)[nH]n3)nc(Cn3nc([C@H]4CC[C@@H](OC(=O)NC5(C)CC5)[C@H]4F)cc3Nc3ncc[n+]4[nH]c(CC(F)(F)F)cc34)cn2n1. The minimum absolute atomic E-state index is 0.0271. The molecule has 0 unspecified atom stereocenters. The van der Waals surface area contributed by atoms with Gasteiger partial charge in [-0.1, -0.05) is 4.52 Å². The maximum absolute atomic E-state index is 16.3. The smallest absolute Gasteiger partial charge is 0.407 e. The van der Waals surface area contributed by atoms with Gasteiger partial charge in [0.05, 0.1) is 54.7 Å². The van der Waals surface area contributed by atoms with Gasteiger partial charge >= 0.3 is 18.4 Å². The van der Waals surface area contributed by atoms with E-state index in [1.807, 2.05) is 6.92 Å². The number of hydrogen-bond donors (Lipinski definition) is 6. The second-order valence-corrected chi connectivity index (χ2v) is 19.4. The second kappa shape index (κ2) is 16.6. The lowest BCUT2D eigenvalue weighted by Crippen LogP contribution is -2.68. The van der Waals surface area contributed by atoms with E-state index in [0.29, 0.717) is 76.4 Å². The van der Waals surface area contributed by atoms with E-state index in [-0.39, 0.29) is 42.2 Å². The molecule has 0 spiro atoms. The normalized spacial score (nSPS) is 26.9. The largest absolute Gasteiger partial charge is 0.443 e. The molecule has 19 nitrogen and oxygen atoms in total. The van der Waals surface area contributed by atoms with Crippen LogP contribution in [-0.4, -0.2) is 106 Å². The number of alkyl halides is 5. The molecule has 2 bridgehead atoms. The molecule has 6 aromatic rings. The van der Waals surface area contributed by atoms with Gasteiger partial charge in [0.15, 0.2) is 11.6 Å². The third-order valence-corrected chi connectivity index (χ3v) is 14.0. The Kier molecular flexibility index (Phi) is 10.7. The molecule has 6 fully saturated rings. The molecule has 6 aliphatic rings. The zero-order valence-corrected chi connectivity index (χ0v) is 37.1. The minimum atomic E-state index is -4.46. The maximum Gasteiger partial charge on any atom is 0.407 e. The zero-order chi connectivity index (χ0) is 47.1. The second-order valence-electron chi connectivity index (χ2n) is 19.4. The number of halogens is 5. The third kappa shape index (κ3) is 8.73. The number of hydrogen-bond acceptors (Lipinski definition) is 12. The Morgan fingerprint density at radius 2 is 1.65 bits per heavy atom. The summed E-state index contributed by atoms with van der Waals surface area (Å²) >= 11 is 0. The number of aromatic nitrogens is 10. The average Bonchev–Trinajstić information content (AvgIpc) is 3.94. The van der Waals surface area contributed by atoms with Gasteiger partial charge in [-0.15, -0.1) is 0 Å². The van der Waals surface area contributed by atoms with Crippen LogP contribution >= 0.6 is 0 Å². The Morgan fingerprint density at radius 1 is 0.912 bits per heavy atom. The highest BCUT2D eigenvalue weighted by Gasteiger charge is 2.58. The number of nitrogens with zero attached hydrogens (tertiary/aromatic N) is 8. The van der Waals surface area contributed by atoms with Gasteiger partial charge in [-0.2, -0.15) is 33.6 Å². The van der Waals surface area contributed by atoms with Gasteiger partial charge in [-0.05, 0) is 76.7 Å². The lowest BCUT2D eigenvalue weighted by atomic mass is 9.50. The lowest BCUT2D eigenvalue weighted by molar-refractivity contribution is -0.577. The molecule has 6 aliphatic carbocycles. The molecule has 6 heterocycles. The highest BCUT2D eigenvalue weighted by molar-refractivity contribution is 5.73.